The van der Waals surface area contributed by atoms with E-state index >= 15 is 0 Å². The van der Waals surface area contributed by atoms with Crippen LogP contribution in [0.4, 0.5) is 11.5 Å². The number of pyridine rings is 1. The second-order valence-electron chi connectivity index (χ2n) is 4.79. The molecule has 0 radical (unpaired) electrons. The number of nitro groups is 1. The van der Waals surface area contributed by atoms with Crippen LogP contribution in [0.2, 0.25) is 0 Å². The van der Waals surface area contributed by atoms with E-state index in [9.17, 15) is 14.9 Å². The van der Waals surface area contributed by atoms with Gasteiger partial charge in [-0.1, -0.05) is 0 Å². The number of rotatable bonds is 5. The van der Waals surface area contributed by atoms with Crippen LogP contribution < -0.4 is 16.4 Å². The highest BCUT2D eigenvalue weighted by molar-refractivity contribution is 5.98. The lowest BCUT2D eigenvalue weighted by Gasteiger charge is -2.23. The molecule has 8 nitrogen and oxygen atoms in total. The second kappa shape index (κ2) is 6.29. The van der Waals surface area contributed by atoms with Crippen molar-refractivity contribution in [1.29, 1.82) is 0 Å². The summed E-state index contributed by atoms with van der Waals surface area (Å²) < 4.78 is 0. The van der Waals surface area contributed by atoms with Gasteiger partial charge in [0.05, 0.1) is 10.5 Å². The zero-order valence-electron chi connectivity index (χ0n) is 11.0. The van der Waals surface area contributed by atoms with Crippen molar-refractivity contribution in [3.05, 3.63) is 27.9 Å². The van der Waals surface area contributed by atoms with E-state index in [4.69, 9.17) is 5.73 Å². The van der Waals surface area contributed by atoms with Crippen molar-refractivity contribution in [2.24, 2.45) is 11.7 Å². The fourth-order valence-electron chi connectivity index (χ4n) is 2.21. The van der Waals surface area contributed by atoms with Crippen molar-refractivity contribution in [2.45, 2.75) is 12.8 Å². The summed E-state index contributed by atoms with van der Waals surface area (Å²) in [6.07, 6.45) is 3.22. The van der Waals surface area contributed by atoms with E-state index in [1.165, 1.54) is 0 Å². The average molecular weight is 279 g/mol. The number of nitrogens with one attached hydrogen (secondary N) is 2. The van der Waals surface area contributed by atoms with Crippen LogP contribution in [-0.2, 0) is 0 Å². The predicted molar refractivity (Wildman–Crippen MR) is 73.5 cm³/mol. The lowest BCUT2D eigenvalue weighted by molar-refractivity contribution is -0.385. The number of hydrogen-bond donors (Lipinski definition) is 3. The summed E-state index contributed by atoms with van der Waals surface area (Å²) in [5, 5.41) is 17.0. The van der Waals surface area contributed by atoms with Crippen molar-refractivity contribution < 1.29 is 9.72 Å². The van der Waals surface area contributed by atoms with Gasteiger partial charge in [-0.15, -0.1) is 0 Å². The SMILES string of the molecule is NC(=O)c1cc([N+](=O)[O-])cnc1NCC1CCNCC1. The molecular weight excluding hydrogens is 262 g/mol. The molecule has 1 aromatic rings. The van der Waals surface area contributed by atoms with Gasteiger partial charge in [-0.25, -0.2) is 4.98 Å². The van der Waals surface area contributed by atoms with Gasteiger partial charge in [0.15, 0.2) is 0 Å². The zero-order chi connectivity index (χ0) is 14.5. The Hall–Kier alpha value is -2.22. The number of carbonyl (C=O) groups excluding carboxylic acids is 1. The molecule has 20 heavy (non-hydrogen) atoms. The first-order valence-corrected chi connectivity index (χ1v) is 6.46. The first kappa shape index (κ1) is 14.2. The topological polar surface area (TPSA) is 123 Å². The Kier molecular flexibility index (Phi) is 4.46. The highest BCUT2D eigenvalue weighted by Gasteiger charge is 2.18. The summed E-state index contributed by atoms with van der Waals surface area (Å²) in [5.41, 5.74) is 5.05. The number of piperidine rings is 1. The van der Waals surface area contributed by atoms with Gasteiger partial charge in [0.25, 0.3) is 11.6 Å². The molecule has 2 rings (SSSR count). The molecule has 0 spiro atoms. The third kappa shape index (κ3) is 3.41. The Morgan fingerprint density at radius 1 is 1.55 bits per heavy atom. The Balaban J connectivity index is 2.09. The minimum Gasteiger partial charge on any atom is -0.369 e. The van der Waals surface area contributed by atoms with Crippen LogP contribution in [0.15, 0.2) is 12.3 Å². The number of aromatic nitrogens is 1. The van der Waals surface area contributed by atoms with E-state index in [1.54, 1.807) is 0 Å². The van der Waals surface area contributed by atoms with Gasteiger partial charge in [0, 0.05) is 12.6 Å². The smallest absolute Gasteiger partial charge is 0.288 e. The molecule has 2 heterocycles. The van der Waals surface area contributed by atoms with Crippen LogP contribution in [0.5, 0.6) is 0 Å². The molecule has 1 aliphatic heterocycles. The molecule has 108 valence electrons. The van der Waals surface area contributed by atoms with E-state index in [1.807, 2.05) is 0 Å². The van der Waals surface area contributed by atoms with Crippen LogP contribution in [-0.4, -0.2) is 35.4 Å². The minimum absolute atomic E-state index is 0.0492. The van der Waals surface area contributed by atoms with Crippen molar-refractivity contribution in [2.75, 3.05) is 25.0 Å². The van der Waals surface area contributed by atoms with Crippen molar-refractivity contribution in [3.63, 3.8) is 0 Å². The van der Waals surface area contributed by atoms with Gasteiger partial charge in [-0.2, -0.15) is 0 Å². The Bertz CT molecular complexity index is 514. The molecule has 0 unspecified atom stereocenters. The monoisotopic (exact) mass is 279 g/mol. The van der Waals surface area contributed by atoms with Crippen LogP contribution in [0, 0.1) is 16.0 Å². The van der Waals surface area contributed by atoms with E-state index < -0.39 is 10.8 Å². The Labute approximate surface area is 115 Å². The fourth-order valence-corrected chi connectivity index (χ4v) is 2.21. The Morgan fingerprint density at radius 2 is 2.25 bits per heavy atom. The largest absolute Gasteiger partial charge is 0.369 e. The predicted octanol–water partition coefficient (Wildman–Crippen LogP) is 0.500. The van der Waals surface area contributed by atoms with E-state index in [0.29, 0.717) is 18.3 Å². The highest BCUT2D eigenvalue weighted by Crippen LogP contribution is 2.20. The normalized spacial score (nSPS) is 15.8. The van der Waals surface area contributed by atoms with E-state index in [-0.39, 0.29) is 11.3 Å². The minimum atomic E-state index is -0.728. The van der Waals surface area contributed by atoms with Crippen molar-refractivity contribution in [1.82, 2.24) is 10.3 Å². The molecule has 0 aromatic carbocycles. The van der Waals surface area contributed by atoms with E-state index in [2.05, 4.69) is 15.6 Å². The van der Waals surface area contributed by atoms with Gasteiger partial charge in [-0.3, -0.25) is 14.9 Å². The molecule has 0 bridgehead atoms. The number of nitrogens with zero attached hydrogens (tertiary/aromatic N) is 2. The molecule has 0 atom stereocenters. The lowest BCUT2D eigenvalue weighted by Crippen LogP contribution is -2.31. The number of carbonyl (C=O) groups is 1. The molecule has 1 saturated heterocycles. The summed E-state index contributed by atoms with van der Waals surface area (Å²) >= 11 is 0. The third-order valence-corrected chi connectivity index (χ3v) is 3.37. The fraction of sp³-hybridized carbons (Fsp3) is 0.500. The molecule has 0 aliphatic carbocycles. The van der Waals surface area contributed by atoms with Gasteiger partial charge in [0.1, 0.15) is 12.0 Å². The first-order chi connectivity index (χ1) is 9.58. The molecular formula is C12H17N5O3. The number of hydrogen-bond acceptors (Lipinski definition) is 6. The lowest BCUT2D eigenvalue weighted by atomic mass is 9.98. The maximum Gasteiger partial charge on any atom is 0.288 e. The van der Waals surface area contributed by atoms with Gasteiger partial charge in [0.2, 0.25) is 0 Å². The number of nitrogens with two attached hydrogens (primary N) is 1. The first-order valence-electron chi connectivity index (χ1n) is 6.46. The van der Waals surface area contributed by atoms with Crippen LogP contribution in [0.1, 0.15) is 23.2 Å². The summed E-state index contributed by atoms with van der Waals surface area (Å²) in [6.45, 7) is 2.62. The molecule has 0 saturated carbocycles. The quantitative estimate of drug-likeness (QED) is 0.532. The average Bonchev–Trinajstić information content (AvgIpc) is 2.45. The molecule has 1 fully saturated rings. The highest BCUT2D eigenvalue weighted by atomic mass is 16.6. The number of amides is 1. The Morgan fingerprint density at radius 3 is 2.85 bits per heavy atom. The van der Waals surface area contributed by atoms with Crippen LogP contribution in [0.3, 0.4) is 0 Å². The second-order valence-corrected chi connectivity index (χ2v) is 4.79. The standard InChI is InChI=1S/C12H17N5O3/c13-11(18)10-5-9(17(19)20)7-16-12(10)15-6-8-1-3-14-4-2-8/h5,7-8,14H,1-4,6H2,(H2,13,18)(H,15,16). The van der Waals surface area contributed by atoms with Crippen LogP contribution >= 0.6 is 0 Å². The molecule has 4 N–H and O–H groups in total. The maximum absolute atomic E-state index is 11.4. The molecule has 1 amide bonds. The zero-order valence-corrected chi connectivity index (χ0v) is 11.0. The number of primary amides is 1. The summed E-state index contributed by atoms with van der Waals surface area (Å²) in [7, 11) is 0. The maximum atomic E-state index is 11.4. The molecule has 1 aliphatic rings. The third-order valence-electron chi connectivity index (χ3n) is 3.37. The van der Waals surface area contributed by atoms with Crippen molar-refractivity contribution in [3.8, 4) is 0 Å². The van der Waals surface area contributed by atoms with Crippen molar-refractivity contribution >= 4 is 17.4 Å². The van der Waals surface area contributed by atoms with E-state index in [0.717, 1.165) is 38.2 Å². The summed E-state index contributed by atoms with van der Waals surface area (Å²) in [5.74, 6) is 0.0737. The van der Waals surface area contributed by atoms with Crippen LogP contribution in [0.25, 0.3) is 0 Å². The summed E-state index contributed by atoms with van der Waals surface area (Å²) in [6, 6.07) is 1.15. The van der Waals surface area contributed by atoms with Gasteiger partial charge >= 0.3 is 0 Å². The molecule has 1 aromatic heterocycles. The van der Waals surface area contributed by atoms with Gasteiger partial charge in [-0.05, 0) is 31.8 Å². The number of anilines is 1. The summed E-state index contributed by atoms with van der Waals surface area (Å²) in [4.78, 5) is 25.4. The van der Waals surface area contributed by atoms with Gasteiger partial charge < -0.3 is 16.4 Å². The molecule has 8 heteroatoms.